The van der Waals surface area contributed by atoms with Crippen molar-refractivity contribution in [3.63, 3.8) is 0 Å². The second-order valence-corrected chi connectivity index (χ2v) is 7.54. The lowest BCUT2D eigenvalue weighted by molar-refractivity contribution is -0.199. The highest BCUT2D eigenvalue weighted by atomic mass is 16.7. The van der Waals surface area contributed by atoms with Gasteiger partial charge in [0.05, 0.1) is 6.42 Å². The van der Waals surface area contributed by atoms with Crippen LogP contribution < -0.4 is 5.32 Å². The van der Waals surface area contributed by atoms with E-state index in [2.05, 4.69) is 5.32 Å². The number of benzene rings is 1. The molecule has 1 aliphatic rings. The molecule has 0 spiro atoms. The number of amides is 3. The smallest absolute Gasteiger partial charge is 0.408 e. The van der Waals surface area contributed by atoms with Crippen LogP contribution in [0.5, 0.6) is 0 Å². The van der Waals surface area contributed by atoms with Crippen molar-refractivity contribution < 1.29 is 38.3 Å². The summed E-state index contributed by atoms with van der Waals surface area (Å²) in [6.07, 6.45) is -1.74. The van der Waals surface area contributed by atoms with Gasteiger partial charge in [0.25, 0.3) is 11.8 Å². The Morgan fingerprint density at radius 2 is 1.67 bits per heavy atom. The SMILES string of the molecule is CC(C)(C)OC(=O)C[C@@H](NC(=O)OCc1ccccc1)C(=O)ON1C(=O)CCC1=O. The Labute approximate surface area is 173 Å². The summed E-state index contributed by atoms with van der Waals surface area (Å²) in [5.74, 6) is -3.32. The van der Waals surface area contributed by atoms with Gasteiger partial charge < -0.3 is 19.6 Å². The first-order valence-electron chi connectivity index (χ1n) is 9.32. The van der Waals surface area contributed by atoms with E-state index in [1.54, 1.807) is 51.1 Å². The van der Waals surface area contributed by atoms with E-state index in [0.29, 0.717) is 10.6 Å². The molecular formula is C20H24N2O8. The van der Waals surface area contributed by atoms with Gasteiger partial charge in [-0.05, 0) is 26.3 Å². The maximum atomic E-state index is 12.5. The van der Waals surface area contributed by atoms with E-state index in [-0.39, 0.29) is 19.4 Å². The monoisotopic (exact) mass is 420 g/mol. The Kier molecular flexibility index (Phi) is 7.51. The van der Waals surface area contributed by atoms with Gasteiger partial charge in [-0.1, -0.05) is 30.3 Å². The van der Waals surface area contributed by atoms with E-state index in [1.807, 2.05) is 0 Å². The summed E-state index contributed by atoms with van der Waals surface area (Å²) < 4.78 is 10.2. The number of carbonyl (C=O) groups is 5. The van der Waals surface area contributed by atoms with Crippen LogP contribution in [0, 0.1) is 0 Å². The first kappa shape index (κ1) is 22.9. The van der Waals surface area contributed by atoms with Crippen molar-refractivity contribution >= 4 is 29.8 Å². The van der Waals surface area contributed by atoms with Crippen LogP contribution in [0.1, 0.15) is 45.6 Å². The van der Waals surface area contributed by atoms with Crippen molar-refractivity contribution in [2.45, 2.75) is 58.3 Å². The van der Waals surface area contributed by atoms with Gasteiger partial charge >= 0.3 is 18.0 Å². The average Bonchev–Trinajstić information content (AvgIpc) is 2.97. The predicted molar refractivity (Wildman–Crippen MR) is 101 cm³/mol. The molecule has 0 saturated carbocycles. The molecule has 1 heterocycles. The lowest BCUT2D eigenvalue weighted by Crippen LogP contribution is -2.47. The van der Waals surface area contributed by atoms with Crippen molar-refractivity contribution in [3.8, 4) is 0 Å². The van der Waals surface area contributed by atoms with Crippen LogP contribution in [0.15, 0.2) is 30.3 Å². The largest absolute Gasteiger partial charge is 0.460 e. The van der Waals surface area contributed by atoms with Crippen molar-refractivity contribution in [3.05, 3.63) is 35.9 Å². The van der Waals surface area contributed by atoms with E-state index in [9.17, 15) is 24.0 Å². The van der Waals surface area contributed by atoms with E-state index >= 15 is 0 Å². The summed E-state index contributed by atoms with van der Waals surface area (Å²) in [6.45, 7) is 4.86. The molecule has 1 atom stereocenters. The number of carbonyl (C=O) groups excluding carboxylic acids is 5. The minimum atomic E-state index is -1.52. The lowest BCUT2D eigenvalue weighted by Gasteiger charge is -2.23. The maximum absolute atomic E-state index is 12.5. The van der Waals surface area contributed by atoms with Crippen LogP contribution in [0.25, 0.3) is 0 Å². The molecule has 0 unspecified atom stereocenters. The Morgan fingerprint density at radius 1 is 1.07 bits per heavy atom. The van der Waals surface area contributed by atoms with Crippen LogP contribution in [0.2, 0.25) is 0 Å². The van der Waals surface area contributed by atoms with Gasteiger partial charge in [-0.3, -0.25) is 14.4 Å². The zero-order valence-corrected chi connectivity index (χ0v) is 17.0. The topological polar surface area (TPSA) is 128 Å². The van der Waals surface area contributed by atoms with E-state index < -0.39 is 47.9 Å². The van der Waals surface area contributed by atoms with Crippen molar-refractivity contribution in [1.82, 2.24) is 10.4 Å². The first-order valence-corrected chi connectivity index (χ1v) is 9.32. The molecule has 0 radical (unpaired) electrons. The van der Waals surface area contributed by atoms with Crippen molar-refractivity contribution in [2.75, 3.05) is 0 Å². The molecule has 10 nitrogen and oxygen atoms in total. The number of hydroxylamine groups is 2. The zero-order valence-electron chi connectivity index (χ0n) is 17.0. The number of rotatable bonds is 7. The number of nitrogens with one attached hydrogen (secondary N) is 1. The molecule has 0 aliphatic carbocycles. The highest BCUT2D eigenvalue weighted by Gasteiger charge is 2.36. The van der Waals surface area contributed by atoms with Gasteiger partial charge in [0.2, 0.25) is 0 Å². The molecule has 1 saturated heterocycles. The fourth-order valence-corrected chi connectivity index (χ4v) is 2.46. The molecule has 2 rings (SSSR count). The van der Waals surface area contributed by atoms with Crippen LogP contribution in [-0.2, 0) is 40.1 Å². The summed E-state index contributed by atoms with van der Waals surface area (Å²) >= 11 is 0. The van der Waals surface area contributed by atoms with Gasteiger partial charge in [-0.2, -0.15) is 0 Å². The van der Waals surface area contributed by atoms with Gasteiger partial charge in [0, 0.05) is 12.8 Å². The second-order valence-electron chi connectivity index (χ2n) is 7.54. The van der Waals surface area contributed by atoms with Crippen LogP contribution in [0.4, 0.5) is 4.79 Å². The number of alkyl carbamates (subject to hydrolysis) is 1. The molecule has 1 fully saturated rings. The normalized spacial score (nSPS) is 14.8. The molecule has 0 aromatic heterocycles. The van der Waals surface area contributed by atoms with Crippen molar-refractivity contribution in [1.29, 1.82) is 0 Å². The number of imide groups is 1. The fourth-order valence-electron chi connectivity index (χ4n) is 2.46. The summed E-state index contributed by atoms with van der Waals surface area (Å²) in [4.78, 5) is 64.8. The number of ether oxygens (including phenoxy) is 2. The maximum Gasteiger partial charge on any atom is 0.408 e. The highest BCUT2D eigenvalue weighted by molar-refractivity contribution is 6.02. The molecule has 30 heavy (non-hydrogen) atoms. The Morgan fingerprint density at radius 3 is 2.23 bits per heavy atom. The third kappa shape index (κ3) is 7.19. The molecule has 1 N–H and O–H groups in total. The van der Waals surface area contributed by atoms with Crippen LogP contribution >= 0.6 is 0 Å². The summed E-state index contributed by atoms with van der Waals surface area (Å²) in [7, 11) is 0. The molecule has 3 amide bonds. The number of hydrogen-bond donors (Lipinski definition) is 1. The van der Waals surface area contributed by atoms with Gasteiger partial charge in [0.15, 0.2) is 0 Å². The molecule has 0 bridgehead atoms. The molecule has 162 valence electrons. The van der Waals surface area contributed by atoms with E-state index in [4.69, 9.17) is 14.3 Å². The minimum Gasteiger partial charge on any atom is -0.460 e. The quantitative estimate of drug-likeness (QED) is 0.521. The fraction of sp³-hybridized carbons (Fsp3) is 0.450. The van der Waals surface area contributed by atoms with Gasteiger partial charge in [-0.15, -0.1) is 5.06 Å². The Bertz CT molecular complexity index is 800. The number of nitrogens with zero attached hydrogens (tertiary/aromatic N) is 1. The first-order chi connectivity index (χ1) is 14.0. The Hall–Kier alpha value is -3.43. The van der Waals surface area contributed by atoms with Crippen LogP contribution in [0.3, 0.4) is 0 Å². The highest BCUT2D eigenvalue weighted by Crippen LogP contribution is 2.15. The third-order valence-electron chi connectivity index (χ3n) is 3.77. The van der Waals surface area contributed by atoms with E-state index in [0.717, 1.165) is 0 Å². The third-order valence-corrected chi connectivity index (χ3v) is 3.77. The lowest BCUT2D eigenvalue weighted by atomic mass is 10.1. The summed E-state index contributed by atoms with van der Waals surface area (Å²) in [5, 5.41) is 2.56. The standard InChI is InChI=1S/C20H24N2O8/c1-20(2,3)29-17(25)11-14(18(26)30-22-15(23)9-10-16(22)24)21-19(27)28-12-13-7-5-4-6-8-13/h4-8,14H,9-12H2,1-3H3,(H,21,27)/t14-/m1/s1. The molecule has 1 aliphatic heterocycles. The second kappa shape index (κ2) is 9.86. The number of esters is 1. The van der Waals surface area contributed by atoms with Crippen molar-refractivity contribution in [2.24, 2.45) is 0 Å². The van der Waals surface area contributed by atoms with Gasteiger partial charge in [0.1, 0.15) is 18.2 Å². The minimum absolute atomic E-state index is 0.0655. The number of hydrogen-bond acceptors (Lipinski definition) is 8. The molecule has 1 aromatic carbocycles. The zero-order chi connectivity index (χ0) is 22.3. The Balaban J connectivity index is 2.02. The van der Waals surface area contributed by atoms with Crippen LogP contribution in [-0.4, -0.2) is 46.6 Å². The molecular weight excluding hydrogens is 396 g/mol. The van der Waals surface area contributed by atoms with E-state index in [1.165, 1.54) is 0 Å². The molecule has 10 heteroatoms. The summed E-state index contributed by atoms with van der Waals surface area (Å²) in [6, 6.07) is 7.29. The molecule has 1 aromatic rings. The van der Waals surface area contributed by atoms with Gasteiger partial charge in [-0.25, -0.2) is 9.59 Å². The average molecular weight is 420 g/mol. The summed E-state index contributed by atoms with van der Waals surface area (Å²) in [5.41, 5.74) is -0.104. The predicted octanol–water partition coefficient (Wildman–Crippen LogP) is 1.62.